The highest BCUT2D eigenvalue weighted by Crippen LogP contribution is 2.31. The average Bonchev–Trinajstić information content (AvgIpc) is 2.17. The highest BCUT2D eigenvalue weighted by Gasteiger charge is 2.43. The quantitative estimate of drug-likeness (QED) is 0.764. The summed E-state index contributed by atoms with van der Waals surface area (Å²) >= 11 is 0. The van der Waals surface area contributed by atoms with E-state index in [0.717, 1.165) is 30.9 Å². The summed E-state index contributed by atoms with van der Waals surface area (Å²) < 4.78 is 0. The van der Waals surface area contributed by atoms with Crippen LogP contribution in [-0.4, -0.2) is 29.3 Å². The first kappa shape index (κ1) is 12.1. The molecule has 3 heterocycles. The van der Waals surface area contributed by atoms with Crippen molar-refractivity contribution in [2.45, 2.75) is 58.9 Å². The van der Waals surface area contributed by atoms with E-state index < -0.39 is 0 Å². The second-order valence-corrected chi connectivity index (χ2v) is 4.63. The van der Waals surface area contributed by atoms with Crippen molar-refractivity contribution >= 4 is 17.4 Å². The molecule has 94 valence electrons. The second-order valence-electron chi connectivity index (χ2n) is 4.63. The molecule has 5 nitrogen and oxygen atoms in total. The maximum absolute atomic E-state index is 4.35. The molecule has 3 aliphatic rings. The van der Waals surface area contributed by atoms with Gasteiger partial charge in [-0.05, 0) is 26.7 Å². The van der Waals surface area contributed by atoms with Crippen LogP contribution in [0.1, 0.15) is 47.0 Å². The van der Waals surface area contributed by atoms with E-state index in [1.54, 1.807) is 0 Å². The SMILES string of the molecule is CCC1=NC2(C1)N=C(C)N2.CCC1N=C(C)N1. The van der Waals surface area contributed by atoms with Crippen LogP contribution in [0.25, 0.3) is 0 Å². The molecule has 3 rings (SSSR count). The average molecular weight is 235 g/mol. The molecular weight excluding hydrogens is 214 g/mol. The lowest BCUT2D eigenvalue weighted by Crippen LogP contribution is -2.60. The highest BCUT2D eigenvalue weighted by atomic mass is 15.4. The van der Waals surface area contributed by atoms with Crippen LogP contribution in [0.2, 0.25) is 0 Å². The molecule has 17 heavy (non-hydrogen) atoms. The van der Waals surface area contributed by atoms with Gasteiger partial charge in [0, 0.05) is 5.71 Å². The van der Waals surface area contributed by atoms with Gasteiger partial charge in [-0.25, -0.2) is 15.0 Å². The summed E-state index contributed by atoms with van der Waals surface area (Å²) in [5.74, 6) is 1.90. The third-order valence-electron chi connectivity index (χ3n) is 3.05. The van der Waals surface area contributed by atoms with Gasteiger partial charge in [0.2, 0.25) is 5.79 Å². The zero-order valence-electron chi connectivity index (χ0n) is 11.0. The van der Waals surface area contributed by atoms with Gasteiger partial charge in [-0.15, -0.1) is 0 Å². The van der Waals surface area contributed by atoms with E-state index in [0.29, 0.717) is 6.17 Å². The molecule has 0 aromatic heterocycles. The normalized spacial score (nSPS) is 32.2. The minimum atomic E-state index is -0.185. The van der Waals surface area contributed by atoms with E-state index in [2.05, 4.69) is 39.5 Å². The molecule has 0 fully saturated rings. The van der Waals surface area contributed by atoms with Crippen molar-refractivity contribution in [1.82, 2.24) is 10.6 Å². The van der Waals surface area contributed by atoms with Crippen molar-refractivity contribution in [1.29, 1.82) is 0 Å². The summed E-state index contributed by atoms with van der Waals surface area (Å²) in [6.45, 7) is 8.19. The molecule has 1 spiro atoms. The lowest BCUT2D eigenvalue weighted by Gasteiger charge is -2.42. The molecular formula is C12H21N5. The van der Waals surface area contributed by atoms with Crippen molar-refractivity contribution in [2.24, 2.45) is 15.0 Å². The van der Waals surface area contributed by atoms with Crippen molar-refractivity contribution in [3.63, 3.8) is 0 Å². The number of hydrogen-bond acceptors (Lipinski definition) is 5. The number of hydrogen-bond donors (Lipinski definition) is 2. The van der Waals surface area contributed by atoms with E-state index in [9.17, 15) is 0 Å². The first-order valence-corrected chi connectivity index (χ1v) is 6.30. The van der Waals surface area contributed by atoms with E-state index >= 15 is 0 Å². The van der Waals surface area contributed by atoms with E-state index in [-0.39, 0.29) is 5.79 Å². The zero-order chi connectivity index (χ0) is 12.5. The molecule has 0 aromatic rings. The van der Waals surface area contributed by atoms with Gasteiger partial charge >= 0.3 is 0 Å². The third-order valence-corrected chi connectivity index (χ3v) is 3.05. The van der Waals surface area contributed by atoms with Gasteiger partial charge in [0.05, 0.1) is 12.3 Å². The molecule has 0 radical (unpaired) electrons. The van der Waals surface area contributed by atoms with Crippen LogP contribution >= 0.6 is 0 Å². The number of nitrogens with one attached hydrogen (secondary N) is 2. The smallest absolute Gasteiger partial charge is 0.232 e. The fourth-order valence-corrected chi connectivity index (χ4v) is 2.12. The number of aliphatic imine (C=N–C) groups is 3. The molecule has 0 amide bonds. The molecule has 5 heteroatoms. The van der Waals surface area contributed by atoms with Gasteiger partial charge in [0.1, 0.15) is 12.0 Å². The molecule has 2 N–H and O–H groups in total. The summed E-state index contributed by atoms with van der Waals surface area (Å²) in [6, 6.07) is 0. The first-order chi connectivity index (χ1) is 8.07. The predicted octanol–water partition coefficient (Wildman–Crippen LogP) is 1.66. The minimum Gasteiger partial charge on any atom is -0.352 e. The Morgan fingerprint density at radius 1 is 1.24 bits per heavy atom. The van der Waals surface area contributed by atoms with Gasteiger partial charge in [-0.2, -0.15) is 0 Å². The number of amidine groups is 2. The van der Waals surface area contributed by atoms with Gasteiger partial charge in [0.15, 0.2) is 0 Å². The van der Waals surface area contributed by atoms with Crippen molar-refractivity contribution in [3.8, 4) is 0 Å². The summed E-state index contributed by atoms with van der Waals surface area (Å²) in [4.78, 5) is 12.8. The Morgan fingerprint density at radius 3 is 2.12 bits per heavy atom. The van der Waals surface area contributed by atoms with Crippen molar-refractivity contribution in [3.05, 3.63) is 0 Å². The fraction of sp³-hybridized carbons (Fsp3) is 0.750. The monoisotopic (exact) mass is 235 g/mol. The Kier molecular flexibility index (Phi) is 3.17. The second kappa shape index (κ2) is 4.47. The Morgan fingerprint density at radius 2 is 1.82 bits per heavy atom. The Labute approximate surface area is 103 Å². The molecule has 3 aliphatic heterocycles. The standard InChI is InChI=1S/C7H11N3.C5H10N2/c1-3-6-4-7(10-6)8-5(2)9-7;1-3-5-6-4(2)7-5/h3-4H2,1-2H3,(H,8,9);5H,3H2,1-2H3,(H,6,7). The van der Waals surface area contributed by atoms with Crippen LogP contribution < -0.4 is 10.6 Å². The van der Waals surface area contributed by atoms with E-state index in [1.165, 1.54) is 5.71 Å². The van der Waals surface area contributed by atoms with E-state index in [4.69, 9.17) is 0 Å². The zero-order valence-corrected chi connectivity index (χ0v) is 11.0. The summed E-state index contributed by atoms with van der Waals surface area (Å²) in [5.41, 5.74) is 1.28. The van der Waals surface area contributed by atoms with Gasteiger partial charge in [-0.3, -0.25) is 0 Å². The van der Waals surface area contributed by atoms with Gasteiger partial charge in [-0.1, -0.05) is 13.8 Å². The maximum Gasteiger partial charge on any atom is 0.232 e. The van der Waals surface area contributed by atoms with E-state index in [1.807, 2.05) is 13.8 Å². The maximum atomic E-state index is 4.35. The van der Waals surface area contributed by atoms with Crippen LogP contribution in [0.4, 0.5) is 0 Å². The number of nitrogens with zero attached hydrogens (tertiary/aromatic N) is 3. The van der Waals surface area contributed by atoms with Crippen molar-refractivity contribution in [2.75, 3.05) is 0 Å². The van der Waals surface area contributed by atoms with Crippen LogP contribution in [0, 0.1) is 0 Å². The highest BCUT2D eigenvalue weighted by molar-refractivity contribution is 5.96. The largest absolute Gasteiger partial charge is 0.352 e. The minimum absolute atomic E-state index is 0.185. The summed E-state index contributed by atoms with van der Waals surface area (Å²) in [6.07, 6.45) is 3.62. The van der Waals surface area contributed by atoms with Crippen LogP contribution in [-0.2, 0) is 0 Å². The van der Waals surface area contributed by atoms with Crippen LogP contribution in [0.5, 0.6) is 0 Å². The third kappa shape index (κ3) is 2.48. The lowest BCUT2D eigenvalue weighted by atomic mass is 10.00. The Hall–Kier alpha value is -1.39. The topological polar surface area (TPSA) is 61.1 Å². The summed E-state index contributed by atoms with van der Waals surface area (Å²) in [5, 5.41) is 6.32. The van der Waals surface area contributed by atoms with Crippen molar-refractivity contribution < 1.29 is 0 Å². The molecule has 0 bridgehead atoms. The Bertz CT molecular complexity index is 396. The molecule has 0 aromatic carbocycles. The molecule has 2 unspecified atom stereocenters. The van der Waals surface area contributed by atoms with Crippen LogP contribution in [0.15, 0.2) is 15.0 Å². The lowest BCUT2D eigenvalue weighted by molar-refractivity contribution is 0.344. The summed E-state index contributed by atoms with van der Waals surface area (Å²) in [7, 11) is 0. The van der Waals surface area contributed by atoms with Gasteiger partial charge in [0.25, 0.3) is 0 Å². The van der Waals surface area contributed by atoms with Gasteiger partial charge < -0.3 is 10.6 Å². The Balaban J connectivity index is 0.000000136. The molecule has 0 saturated carbocycles. The molecule has 2 atom stereocenters. The van der Waals surface area contributed by atoms with Crippen LogP contribution in [0.3, 0.4) is 0 Å². The first-order valence-electron chi connectivity index (χ1n) is 6.30. The fourth-order valence-electron chi connectivity index (χ4n) is 2.12. The molecule has 0 saturated heterocycles. The predicted molar refractivity (Wildman–Crippen MR) is 71.6 cm³/mol. The number of rotatable bonds is 2. The molecule has 0 aliphatic carbocycles.